The Morgan fingerprint density at radius 3 is 2.59 bits per heavy atom. The second-order valence-corrected chi connectivity index (χ2v) is 7.94. The number of amides is 1. The van der Waals surface area contributed by atoms with Crippen molar-refractivity contribution >= 4 is 28.2 Å². The Labute approximate surface area is 182 Å². The number of nitrogens with zero attached hydrogens (tertiary/aromatic N) is 2. The third-order valence-electron chi connectivity index (χ3n) is 5.84. The summed E-state index contributed by atoms with van der Waals surface area (Å²) in [4.78, 5) is 15.4. The predicted octanol–water partition coefficient (Wildman–Crippen LogP) is 5.89. The lowest BCUT2D eigenvalue weighted by atomic mass is 10.1. The van der Waals surface area contributed by atoms with E-state index < -0.39 is 11.7 Å². The summed E-state index contributed by atoms with van der Waals surface area (Å²) in [6.07, 6.45) is -3.57. The summed E-state index contributed by atoms with van der Waals surface area (Å²) in [5, 5.41) is 3.69. The summed E-state index contributed by atoms with van der Waals surface area (Å²) >= 11 is 0. The van der Waals surface area contributed by atoms with Gasteiger partial charge in [0.2, 0.25) is 0 Å². The van der Waals surface area contributed by atoms with Gasteiger partial charge in [0, 0.05) is 36.0 Å². The van der Waals surface area contributed by atoms with Gasteiger partial charge in [0.15, 0.2) is 0 Å². The van der Waals surface area contributed by atoms with Crippen LogP contribution < -0.4 is 10.2 Å². The predicted molar refractivity (Wildman–Crippen MR) is 120 cm³/mol. The third-order valence-corrected chi connectivity index (χ3v) is 5.84. The molecule has 0 spiro atoms. The molecule has 0 radical (unpaired) electrons. The Kier molecular flexibility index (Phi) is 4.69. The van der Waals surface area contributed by atoms with Gasteiger partial charge in [0.05, 0.1) is 11.1 Å². The first kappa shape index (κ1) is 20.2. The number of hydrogen-bond acceptors (Lipinski definition) is 2. The van der Waals surface area contributed by atoms with Crippen LogP contribution >= 0.6 is 0 Å². The van der Waals surface area contributed by atoms with E-state index in [4.69, 9.17) is 0 Å². The number of para-hydroxylation sites is 1. The lowest BCUT2D eigenvalue weighted by Crippen LogP contribution is -2.17. The number of rotatable bonds is 3. The second-order valence-electron chi connectivity index (χ2n) is 7.94. The largest absolute Gasteiger partial charge is 0.416 e. The van der Waals surface area contributed by atoms with E-state index in [1.54, 1.807) is 28.8 Å². The highest BCUT2D eigenvalue weighted by Gasteiger charge is 2.31. The number of carbonyl (C=O) groups is 1. The summed E-state index contributed by atoms with van der Waals surface area (Å²) in [5.41, 5.74) is 3.40. The van der Waals surface area contributed by atoms with Crippen molar-refractivity contribution in [3.8, 4) is 5.69 Å². The Bertz CT molecular complexity index is 1340. The molecule has 7 heteroatoms. The number of carbonyl (C=O) groups excluding carboxylic acids is 1. The highest BCUT2D eigenvalue weighted by atomic mass is 19.4. The number of benzene rings is 3. The van der Waals surface area contributed by atoms with Crippen LogP contribution in [0.3, 0.4) is 0 Å². The van der Waals surface area contributed by atoms with Crippen LogP contribution in [-0.2, 0) is 12.6 Å². The molecule has 5 rings (SSSR count). The molecule has 1 amide bonds. The Morgan fingerprint density at radius 2 is 1.78 bits per heavy atom. The van der Waals surface area contributed by atoms with Crippen molar-refractivity contribution in [2.45, 2.75) is 12.6 Å². The first-order valence-electron chi connectivity index (χ1n) is 10.2. The van der Waals surface area contributed by atoms with Crippen molar-refractivity contribution in [3.63, 3.8) is 0 Å². The molecule has 1 N–H and O–H groups in total. The maximum atomic E-state index is 13.3. The van der Waals surface area contributed by atoms with Crippen LogP contribution in [0.2, 0.25) is 0 Å². The minimum atomic E-state index is -4.47. The van der Waals surface area contributed by atoms with Gasteiger partial charge in [-0.25, -0.2) is 0 Å². The summed E-state index contributed by atoms with van der Waals surface area (Å²) < 4.78 is 41.5. The molecule has 0 fully saturated rings. The van der Waals surface area contributed by atoms with Gasteiger partial charge in [0.1, 0.15) is 5.69 Å². The molecular formula is C25H20F3N3O. The lowest BCUT2D eigenvalue weighted by Gasteiger charge is -2.15. The average molecular weight is 435 g/mol. The minimum absolute atomic E-state index is 0.267. The van der Waals surface area contributed by atoms with E-state index in [-0.39, 0.29) is 17.3 Å². The lowest BCUT2D eigenvalue weighted by molar-refractivity contribution is -0.137. The molecular weight excluding hydrogens is 415 g/mol. The number of fused-ring (bicyclic) bond motifs is 2. The first-order chi connectivity index (χ1) is 15.3. The molecule has 3 aromatic carbocycles. The summed E-state index contributed by atoms with van der Waals surface area (Å²) in [6.45, 7) is 0.927. The molecule has 4 nitrogen and oxygen atoms in total. The normalized spacial score (nSPS) is 13.4. The van der Waals surface area contributed by atoms with E-state index in [1.807, 2.05) is 37.4 Å². The van der Waals surface area contributed by atoms with Gasteiger partial charge in [0.25, 0.3) is 5.91 Å². The molecule has 0 saturated heterocycles. The fraction of sp³-hybridized carbons (Fsp3) is 0.160. The molecule has 4 aromatic rings. The number of likely N-dealkylation sites (N-methyl/N-ethyl adjacent to an activating group) is 1. The molecule has 0 bridgehead atoms. The molecule has 0 aliphatic carbocycles. The van der Waals surface area contributed by atoms with Crippen molar-refractivity contribution in [3.05, 3.63) is 89.6 Å². The standard InChI is InChI=1S/C25H20F3N3O/c1-30-12-11-17-13-19(9-10-21(17)30)29-24(32)23-14-16-5-2-3-8-22(16)31(23)20-7-4-6-18(15-20)25(26,27)28/h2-10,13-15H,11-12H2,1H3,(H,29,32). The zero-order valence-electron chi connectivity index (χ0n) is 17.3. The molecule has 32 heavy (non-hydrogen) atoms. The monoisotopic (exact) mass is 435 g/mol. The molecule has 0 unspecified atom stereocenters. The van der Waals surface area contributed by atoms with E-state index in [9.17, 15) is 18.0 Å². The first-order valence-corrected chi connectivity index (χ1v) is 10.2. The van der Waals surface area contributed by atoms with Crippen LogP contribution in [0.5, 0.6) is 0 Å². The maximum absolute atomic E-state index is 13.3. The molecule has 1 aromatic heterocycles. The van der Waals surface area contributed by atoms with E-state index in [0.717, 1.165) is 41.7 Å². The maximum Gasteiger partial charge on any atom is 0.416 e. The number of anilines is 2. The summed E-state index contributed by atoms with van der Waals surface area (Å²) in [7, 11) is 2.03. The van der Waals surface area contributed by atoms with Gasteiger partial charge in [-0.15, -0.1) is 0 Å². The van der Waals surface area contributed by atoms with Crippen LogP contribution in [-0.4, -0.2) is 24.1 Å². The van der Waals surface area contributed by atoms with Gasteiger partial charge in [-0.2, -0.15) is 13.2 Å². The van der Waals surface area contributed by atoms with Gasteiger partial charge >= 0.3 is 6.18 Å². The summed E-state index contributed by atoms with van der Waals surface area (Å²) in [5.74, 6) is -0.384. The molecule has 1 aliphatic heterocycles. The highest BCUT2D eigenvalue weighted by molar-refractivity contribution is 6.07. The summed E-state index contributed by atoms with van der Waals surface area (Å²) in [6, 6.07) is 19.7. The van der Waals surface area contributed by atoms with Gasteiger partial charge in [-0.05, 0) is 60.5 Å². The topological polar surface area (TPSA) is 37.3 Å². The van der Waals surface area contributed by atoms with E-state index >= 15 is 0 Å². The van der Waals surface area contributed by atoms with E-state index in [2.05, 4.69) is 10.2 Å². The van der Waals surface area contributed by atoms with Crippen LogP contribution in [0.1, 0.15) is 21.6 Å². The van der Waals surface area contributed by atoms with Crippen molar-refractivity contribution < 1.29 is 18.0 Å². The smallest absolute Gasteiger partial charge is 0.374 e. The SMILES string of the molecule is CN1CCc2cc(NC(=O)c3cc4ccccc4n3-c3cccc(C(F)(F)F)c3)ccc21. The van der Waals surface area contributed by atoms with Gasteiger partial charge in [-0.3, -0.25) is 4.79 Å². The Morgan fingerprint density at radius 1 is 0.969 bits per heavy atom. The van der Waals surface area contributed by atoms with Crippen LogP contribution in [0, 0.1) is 0 Å². The Balaban J connectivity index is 1.57. The number of halogens is 3. The Hall–Kier alpha value is -3.74. The quantitative estimate of drug-likeness (QED) is 0.435. The second kappa shape index (κ2) is 7.44. The molecule has 2 heterocycles. The fourth-order valence-corrected chi connectivity index (χ4v) is 4.26. The zero-order valence-corrected chi connectivity index (χ0v) is 17.3. The van der Waals surface area contributed by atoms with Crippen LogP contribution in [0.25, 0.3) is 16.6 Å². The molecule has 1 aliphatic rings. The van der Waals surface area contributed by atoms with Crippen LogP contribution in [0.15, 0.2) is 72.8 Å². The van der Waals surface area contributed by atoms with Crippen molar-refractivity contribution in [2.75, 3.05) is 23.8 Å². The van der Waals surface area contributed by atoms with Crippen molar-refractivity contribution in [1.29, 1.82) is 0 Å². The van der Waals surface area contributed by atoms with Gasteiger partial charge < -0.3 is 14.8 Å². The molecule has 0 atom stereocenters. The van der Waals surface area contributed by atoms with E-state index in [0.29, 0.717) is 11.2 Å². The number of alkyl halides is 3. The third kappa shape index (κ3) is 3.49. The van der Waals surface area contributed by atoms with Crippen molar-refractivity contribution in [2.24, 2.45) is 0 Å². The minimum Gasteiger partial charge on any atom is -0.374 e. The zero-order chi connectivity index (χ0) is 22.5. The molecule has 162 valence electrons. The van der Waals surface area contributed by atoms with E-state index in [1.165, 1.54) is 6.07 Å². The number of hydrogen-bond donors (Lipinski definition) is 1. The highest BCUT2D eigenvalue weighted by Crippen LogP contribution is 2.33. The number of aromatic nitrogens is 1. The average Bonchev–Trinajstić information content (AvgIpc) is 3.34. The molecule has 0 saturated carbocycles. The number of nitrogens with one attached hydrogen (secondary N) is 1. The van der Waals surface area contributed by atoms with Crippen molar-refractivity contribution in [1.82, 2.24) is 4.57 Å². The fourth-order valence-electron chi connectivity index (χ4n) is 4.26. The van der Waals surface area contributed by atoms with Gasteiger partial charge in [-0.1, -0.05) is 24.3 Å². The van der Waals surface area contributed by atoms with Crippen LogP contribution in [0.4, 0.5) is 24.5 Å².